The highest BCUT2D eigenvalue weighted by Crippen LogP contribution is 2.31. The first kappa shape index (κ1) is 10.5. The van der Waals surface area contributed by atoms with Gasteiger partial charge in [-0.3, -0.25) is 0 Å². The van der Waals surface area contributed by atoms with Crippen molar-refractivity contribution in [3.63, 3.8) is 0 Å². The van der Waals surface area contributed by atoms with Gasteiger partial charge in [-0.1, -0.05) is 30.0 Å². The fourth-order valence-corrected chi connectivity index (χ4v) is 1.75. The molecule has 13 heavy (non-hydrogen) atoms. The van der Waals surface area contributed by atoms with E-state index in [0.29, 0.717) is 22.2 Å². The van der Waals surface area contributed by atoms with Gasteiger partial charge in [0.05, 0.1) is 6.10 Å². The Morgan fingerprint density at radius 2 is 1.92 bits per heavy atom. The number of hydrogen-bond donors (Lipinski definition) is 1. The van der Waals surface area contributed by atoms with Gasteiger partial charge >= 0.3 is 0 Å². The summed E-state index contributed by atoms with van der Waals surface area (Å²) in [7, 11) is 0. The van der Waals surface area contributed by atoms with Crippen LogP contribution in [0.25, 0.3) is 0 Å². The van der Waals surface area contributed by atoms with E-state index in [9.17, 15) is 13.9 Å². The van der Waals surface area contributed by atoms with Gasteiger partial charge in [0.2, 0.25) is 0 Å². The Balaban J connectivity index is 2.91. The second-order valence-corrected chi connectivity index (χ2v) is 3.62. The first-order chi connectivity index (χ1) is 6.11. The van der Waals surface area contributed by atoms with Crippen molar-refractivity contribution in [2.24, 2.45) is 0 Å². The third-order valence-corrected chi connectivity index (χ3v) is 2.39. The van der Waals surface area contributed by atoms with Crippen molar-refractivity contribution in [3.8, 4) is 0 Å². The molecule has 1 aromatic rings. The van der Waals surface area contributed by atoms with Crippen LogP contribution in [0.2, 0.25) is 0 Å². The summed E-state index contributed by atoms with van der Waals surface area (Å²) in [6.07, 6.45) is -0.706. The van der Waals surface area contributed by atoms with Crippen molar-refractivity contribution in [1.29, 1.82) is 0 Å². The standard InChI is InChI=1S/C9H10F2OS/c1-6(12)7-4-2-3-5-8(7)13-9(10)11/h2-6,9,12H,1H3. The van der Waals surface area contributed by atoms with Crippen molar-refractivity contribution >= 4 is 11.8 Å². The molecule has 0 saturated heterocycles. The summed E-state index contributed by atoms with van der Waals surface area (Å²) in [6.45, 7) is 1.56. The number of aliphatic hydroxyl groups excluding tert-OH is 1. The highest BCUT2D eigenvalue weighted by Gasteiger charge is 2.11. The number of benzene rings is 1. The third kappa shape index (κ3) is 2.97. The largest absolute Gasteiger partial charge is 0.389 e. The maximum Gasteiger partial charge on any atom is 0.288 e. The second-order valence-electron chi connectivity index (χ2n) is 2.59. The van der Waals surface area contributed by atoms with Gasteiger partial charge in [-0.25, -0.2) is 0 Å². The Kier molecular flexibility index (Phi) is 3.69. The maximum absolute atomic E-state index is 12.0. The lowest BCUT2D eigenvalue weighted by Crippen LogP contribution is -1.94. The molecule has 0 aromatic heterocycles. The normalized spacial score (nSPS) is 13.3. The molecule has 4 heteroatoms. The highest BCUT2D eigenvalue weighted by molar-refractivity contribution is 7.99. The van der Waals surface area contributed by atoms with Crippen LogP contribution in [0.3, 0.4) is 0 Å². The quantitative estimate of drug-likeness (QED) is 0.763. The van der Waals surface area contributed by atoms with Crippen LogP contribution in [0.4, 0.5) is 8.78 Å². The topological polar surface area (TPSA) is 20.2 Å². The SMILES string of the molecule is CC(O)c1ccccc1SC(F)F. The average molecular weight is 204 g/mol. The minimum atomic E-state index is -2.44. The zero-order chi connectivity index (χ0) is 9.84. The Bertz CT molecular complexity index is 276. The van der Waals surface area contributed by atoms with E-state index in [1.165, 1.54) is 0 Å². The zero-order valence-corrected chi connectivity index (χ0v) is 7.89. The zero-order valence-electron chi connectivity index (χ0n) is 7.08. The molecule has 1 N–H and O–H groups in total. The smallest absolute Gasteiger partial charge is 0.288 e. The van der Waals surface area contributed by atoms with Crippen molar-refractivity contribution in [2.45, 2.75) is 23.7 Å². The molecule has 0 heterocycles. The van der Waals surface area contributed by atoms with E-state index in [1.807, 2.05) is 0 Å². The van der Waals surface area contributed by atoms with Gasteiger partial charge in [0.15, 0.2) is 0 Å². The molecule has 1 atom stereocenters. The van der Waals surface area contributed by atoms with Crippen molar-refractivity contribution in [3.05, 3.63) is 29.8 Å². The van der Waals surface area contributed by atoms with Crippen molar-refractivity contribution < 1.29 is 13.9 Å². The molecule has 0 radical (unpaired) electrons. The lowest BCUT2D eigenvalue weighted by Gasteiger charge is -2.10. The Morgan fingerprint density at radius 1 is 1.31 bits per heavy atom. The molecular formula is C9H10F2OS. The van der Waals surface area contributed by atoms with Crippen LogP contribution in [-0.4, -0.2) is 10.9 Å². The molecule has 0 amide bonds. The molecule has 0 fully saturated rings. The minimum absolute atomic E-state index is 0.438. The molecular weight excluding hydrogens is 194 g/mol. The molecule has 0 aliphatic rings. The van der Waals surface area contributed by atoms with Gasteiger partial charge in [-0.15, -0.1) is 0 Å². The Morgan fingerprint density at radius 3 is 2.46 bits per heavy atom. The van der Waals surface area contributed by atoms with E-state index < -0.39 is 11.9 Å². The first-order valence-corrected chi connectivity index (χ1v) is 4.71. The van der Waals surface area contributed by atoms with E-state index in [0.717, 1.165) is 0 Å². The summed E-state index contributed by atoms with van der Waals surface area (Å²) in [5.74, 6) is -2.44. The molecule has 1 aromatic carbocycles. The second kappa shape index (κ2) is 4.58. The van der Waals surface area contributed by atoms with Crippen molar-refractivity contribution in [1.82, 2.24) is 0 Å². The van der Waals surface area contributed by atoms with Crippen LogP contribution in [0.5, 0.6) is 0 Å². The number of aliphatic hydroxyl groups is 1. The number of alkyl halides is 2. The predicted octanol–water partition coefficient (Wildman–Crippen LogP) is 3.05. The molecule has 1 rings (SSSR count). The summed E-state index contributed by atoms with van der Waals surface area (Å²) in [5.41, 5.74) is 0.549. The van der Waals surface area contributed by atoms with Gasteiger partial charge in [0.1, 0.15) is 0 Å². The summed E-state index contributed by atoms with van der Waals surface area (Å²) in [5, 5.41) is 9.26. The van der Waals surface area contributed by atoms with Crippen LogP contribution < -0.4 is 0 Å². The van der Waals surface area contributed by atoms with Crippen LogP contribution in [0.15, 0.2) is 29.2 Å². The summed E-state index contributed by atoms with van der Waals surface area (Å²) in [4.78, 5) is 0.438. The van der Waals surface area contributed by atoms with Crippen LogP contribution >= 0.6 is 11.8 Å². The van der Waals surface area contributed by atoms with Crippen LogP contribution in [0.1, 0.15) is 18.6 Å². The van der Waals surface area contributed by atoms with E-state index in [-0.39, 0.29) is 0 Å². The van der Waals surface area contributed by atoms with Gasteiger partial charge in [0.25, 0.3) is 5.76 Å². The molecule has 0 bridgehead atoms. The van der Waals surface area contributed by atoms with E-state index in [4.69, 9.17) is 0 Å². The molecule has 0 saturated carbocycles. The molecule has 0 spiro atoms. The molecule has 1 unspecified atom stereocenters. The number of thioether (sulfide) groups is 1. The Labute approximate surface area is 79.8 Å². The lowest BCUT2D eigenvalue weighted by molar-refractivity contribution is 0.196. The number of hydrogen-bond acceptors (Lipinski definition) is 2. The molecule has 72 valence electrons. The monoisotopic (exact) mass is 204 g/mol. The maximum atomic E-state index is 12.0. The first-order valence-electron chi connectivity index (χ1n) is 3.83. The van der Waals surface area contributed by atoms with E-state index >= 15 is 0 Å². The Hall–Kier alpha value is -0.610. The van der Waals surface area contributed by atoms with E-state index in [2.05, 4.69) is 0 Å². The van der Waals surface area contributed by atoms with Gasteiger partial charge < -0.3 is 5.11 Å². The fourth-order valence-electron chi connectivity index (χ4n) is 1.03. The van der Waals surface area contributed by atoms with Gasteiger partial charge in [-0.05, 0) is 18.6 Å². The third-order valence-electron chi connectivity index (χ3n) is 1.59. The summed E-state index contributed by atoms with van der Waals surface area (Å²) < 4.78 is 24.1. The number of rotatable bonds is 3. The van der Waals surface area contributed by atoms with Crippen molar-refractivity contribution in [2.75, 3.05) is 0 Å². The van der Waals surface area contributed by atoms with Gasteiger partial charge in [0, 0.05) is 4.90 Å². The predicted molar refractivity (Wildman–Crippen MR) is 48.9 cm³/mol. The van der Waals surface area contributed by atoms with Crippen LogP contribution in [-0.2, 0) is 0 Å². The minimum Gasteiger partial charge on any atom is -0.389 e. The molecule has 0 aliphatic carbocycles. The molecule has 0 aliphatic heterocycles. The fraction of sp³-hybridized carbons (Fsp3) is 0.333. The average Bonchev–Trinajstić information content (AvgIpc) is 2.03. The lowest BCUT2D eigenvalue weighted by atomic mass is 10.1. The van der Waals surface area contributed by atoms with E-state index in [1.54, 1.807) is 31.2 Å². The van der Waals surface area contributed by atoms with Gasteiger partial charge in [-0.2, -0.15) is 8.78 Å². The number of halogens is 2. The molecule has 1 nitrogen and oxygen atoms in total. The highest BCUT2D eigenvalue weighted by atomic mass is 32.2. The summed E-state index contributed by atoms with van der Waals surface area (Å²) in [6, 6.07) is 6.63. The van der Waals surface area contributed by atoms with Crippen LogP contribution in [0, 0.1) is 0 Å². The summed E-state index contributed by atoms with van der Waals surface area (Å²) >= 11 is 0.460.